The van der Waals surface area contributed by atoms with Crippen LogP contribution in [0.4, 0.5) is 0 Å². The first kappa shape index (κ1) is 19.2. The Morgan fingerprint density at radius 1 is 1.08 bits per heavy atom. The Kier molecular flexibility index (Phi) is 7.04. The molecule has 0 bridgehead atoms. The van der Waals surface area contributed by atoms with Gasteiger partial charge in [-0.15, -0.1) is 0 Å². The summed E-state index contributed by atoms with van der Waals surface area (Å²) in [5, 5.41) is 0. The number of likely N-dealkylation sites (tertiary alicyclic amines) is 1. The normalized spacial score (nSPS) is 24.2. The molecule has 138 valence electrons. The van der Waals surface area contributed by atoms with Gasteiger partial charge in [-0.1, -0.05) is 6.92 Å². The van der Waals surface area contributed by atoms with E-state index in [9.17, 15) is 9.59 Å². The summed E-state index contributed by atoms with van der Waals surface area (Å²) in [4.78, 5) is 32.2. The lowest BCUT2D eigenvalue weighted by Gasteiger charge is -2.42. The quantitative estimate of drug-likeness (QED) is 0.741. The highest BCUT2D eigenvalue weighted by Gasteiger charge is 2.28. The maximum absolute atomic E-state index is 11.9. The summed E-state index contributed by atoms with van der Waals surface area (Å²) >= 11 is 0. The molecule has 0 saturated carbocycles. The Balaban J connectivity index is 1.73. The molecule has 24 heavy (non-hydrogen) atoms. The number of nitrogens with zero attached hydrogens (tertiary/aromatic N) is 4. The molecule has 6 nitrogen and oxygen atoms in total. The zero-order valence-corrected chi connectivity index (χ0v) is 15.8. The van der Waals surface area contributed by atoms with Crippen LogP contribution in [0.2, 0.25) is 0 Å². The van der Waals surface area contributed by atoms with Crippen LogP contribution in [0.15, 0.2) is 0 Å². The fourth-order valence-corrected chi connectivity index (χ4v) is 3.74. The number of carbonyl (C=O) groups is 2. The average molecular weight is 338 g/mol. The van der Waals surface area contributed by atoms with Crippen LogP contribution < -0.4 is 0 Å². The van der Waals surface area contributed by atoms with E-state index >= 15 is 0 Å². The van der Waals surface area contributed by atoms with Gasteiger partial charge in [0.2, 0.25) is 11.8 Å². The monoisotopic (exact) mass is 338 g/mol. The van der Waals surface area contributed by atoms with Crippen molar-refractivity contribution in [1.82, 2.24) is 19.6 Å². The standard InChI is InChI=1S/C18H34N4O2/c1-5-17(23)21-8-6-16(7-9-21)13-20-10-11-22(15(2)12-20)14-18(24)19(3)4/h15-16H,5-14H2,1-4H3. The van der Waals surface area contributed by atoms with Crippen molar-refractivity contribution in [3.05, 3.63) is 0 Å². The summed E-state index contributed by atoms with van der Waals surface area (Å²) in [6.45, 7) is 10.7. The minimum absolute atomic E-state index is 0.184. The summed E-state index contributed by atoms with van der Waals surface area (Å²) in [5.41, 5.74) is 0. The molecule has 2 rings (SSSR count). The lowest BCUT2D eigenvalue weighted by molar-refractivity contribution is -0.133. The predicted octanol–water partition coefficient (Wildman–Crippen LogP) is 0.729. The van der Waals surface area contributed by atoms with Crippen LogP contribution in [0.1, 0.15) is 33.1 Å². The first-order chi connectivity index (χ1) is 11.4. The average Bonchev–Trinajstić information content (AvgIpc) is 2.57. The number of carbonyl (C=O) groups excluding carboxylic acids is 2. The smallest absolute Gasteiger partial charge is 0.236 e. The van der Waals surface area contributed by atoms with Crippen molar-refractivity contribution >= 4 is 11.8 Å². The second-order valence-electron chi connectivity index (χ2n) is 7.54. The van der Waals surface area contributed by atoms with E-state index in [0.29, 0.717) is 30.8 Å². The second kappa shape index (κ2) is 8.81. The van der Waals surface area contributed by atoms with E-state index in [1.54, 1.807) is 4.90 Å². The van der Waals surface area contributed by atoms with Gasteiger partial charge in [0, 0.05) is 65.8 Å². The van der Waals surface area contributed by atoms with Crippen molar-refractivity contribution in [1.29, 1.82) is 0 Å². The van der Waals surface area contributed by atoms with Gasteiger partial charge in [0.15, 0.2) is 0 Å². The molecule has 0 aliphatic carbocycles. The fraction of sp³-hybridized carbons (Fsp3) is 0.889. The van der Waals surface area contributed by atoms with Crippen LogP contribution in [-0.4, -0.2) is 97.4 Å². The van der Waals surface area contributed by atoms with Crippen LogP contribution >= 0.6 is 0 Å². The number of likely N-dealkylation sites (N-methyl/N-ethyl adjacent to an activating group) is 1. The molecule has 1 unspecified atom stereocenters. The molecule has 2 saturated heterocycles. The van der Waals surface area contributed by atoms with E-state index in [0.717, 1.165) is 52.1 Å². The van der Waals surface area contributed by atoms with Gasteiger partial charge in [0.1, 0.15) is 0 Å². The van der Waals surface area contributed by atoms with Crippen molar-refractivity contribution < 1.29 is 9.59 Å². The highest BCUT2D eigenvalue weighted by Crippen LogP contribution is 2.20. The molecule has 1 atom stereocenters. The van der Waals surface area contributed by atoms with Gasteiger partial charge in [-0.05, 0) is 25.7 Å². The van der Waals surface area contributed by atoms with Crippen LogP contribution in [0, 0.1) is 5.92 Å². The van der Waals surface area contributed by atoms with E-state index in [4.69, 9.17) is 0 Å². The molecular formula is C18H34N4O2. The number of piperidine rings is 1. The Bertz CT molecular complexity index is 433. The topological polar surface area (TPSA) is 47.1 Å². The molecule has 0 radical (unpaired) electrons. The van der Waals surface area contributed by atoms with Crippen molar-refractivity contribution in [2.75, 3.05) is 59.9 Å². The molecule has 0 spiro atoms. The minimum Gasteiger partial charge on any atom is -0.348 e. The SMILES string of the molecule is CCC(=O)N1CCC(CN2CCN(CC(=O)N(C)C)C(C)C2)CC1. The van der Waals surface area contributed by atoms with Crippen molar-refractivity contribution in [3.63, 3.8) is 0 Å². The molecule has 2 fully saturated rings. The van der Waals surface area contributed by atoms with Crippen LogP contribution in [0.25, 0.3) is 0 Å². The number of rotatable bonds is 5. The predicted molar refractivity (Wildman–Crippen MR) is 95.8 cm³/mol. The highest BCUT2D eigenvalue weighted by atomic mass is 16.2. The second-order valence-corrected chi connectivity index (χ2v) is 7.54. The maximum atomic E-state index is 11.9. The van der Waals surface area contributed by atoms with Gasteiger partial charge in [0.05, 0.1) is 6.54 Å². The maximum Gasteiger partial charge on any atom is 0.236 e. The Morgan fingerprint density at radius 2 is 1.75 bits per heavy atom. The molecule has 6 heteroatoms. The number of hydrogen-bond acceptors (Lipinski definition) is 4. The van der Waals surface area contributed by atoms with Crippen LogP contribution in [0.5, 0.6) is 0 Å². The van der Waals surface area contributed by atoms with Crippen molar-refractivity contribution in [2.45, 2.75) is 39.2 Å². The summed E-state index contributed by atoms with van der Waals surface area (Å²) in [7, 11) is 3.64. The molecule has 0 aromatic heterocycles. The summed E-state index contributed by atoms with van der Waals surface area (Å²) < 4.78 is 0. The lowest BCUT2D eigenvalue weighted by Crippen LogP contribution is -2.55. The molecule has 2 aliphatic rings. The molecule has 2 heterocycles. The Labute approximate surface area is 146 Å². The number of hydrogen-bond donors (Lipinski definition) is 0. The third kappa shape index (κ3) is 5.18. The molecule has 0 aromatic carbocycles. The number of piperazine rings is 1. The third-order valence-corrected chi connectivity index (χ3v) is 5.47. The Hall–Kier alpha value is -1.14. The van der Waals surface area contributed by atoms with E-state index in [1.807, 2.05) is 25.9 Å². The number of amides is 2. The van der Waals surface area contributed by atoms with E-state index in [2.05, 4.69) is 16.7 Å². The van der Waals surface area contributed by atoms with Crippen LogP contribution in [0.3, 0.4) is 0 Å². The van der Waals surface area contributed by atoms with E-state index < -0.39 is 0 Å². The third-order valence-electron chi connectivity index (χ3n) is 5.47. The van der Waals surface area contributed by atoms with E-state index in [1.165, 1.54) is 0 Å². The minimum atomic E-state index is 0.184. The molecule has 0 aromatic rings. The van der Waals surface area contributed by atoms with Crippen molar-refractivity contribution in [2.24, 2.45) is 5.92 Å². The van der Waals surface area contributed by atoms with Gasteiger partial charge < -0.3 is 14.7 Å². The van der Waals surface area contributed by atoms with Crippen molar-refractivity contribution in [3.8, 4) is 0 Å². The Morgan fingerprint density at radius 3 is 2.29 bits per heavy atom. The van der Waals surface area contributed by atoms with E-state index in [-0.39, 0.29) is 5.91 Å². The lowest BCUT2D eigenvalue weighted by atomic mass is 9.95. The first-order valence-electron chi connectivity index (χ1n) is 9.35. The summed E-state index contributed by atoms with van der Waals surface area (Å²) in [6, 6.07) is 0.421. The van der Waals surface area contributed by atoms with Gasteiger partial charge >= 0.3 is 0 Å². The van der Waals surface area contributed by atoms with Gasteiger partial charge in [-0.3, -0.25) is 14.5 Å². The van der Waals surface area contributed by atoms with Crippen LogP contribution in [-0.2, 0) is 9.59 Å². The molecular weight excluding hydrogens is 304 g/mol. The highest BCUT2D eigenvalue weighted by molar-refractivity contribution is 5.77. The molecule has 0 N–H and O–H groups in total. The van der Waals surface area contributed by atoms with Gasteiger partial charge in [0.25, 0.3) is 0 Å². The summed E-state index contributed by atoms with van der Waals surface area (Å²) in [6.07, 6.45) is 2.87. The van der Waals surface area contributed by atoms with Gasteiger partial charge in [-0.2, -0.15) is 0 Å². The zero-order chi connectivity index (χ0) is 17.7. The zero-order valence-electron chi connectivity index (χ0n) is 15.8. The summed E-state index contributed by atoms with van der Waals surface area (Å²) in [5.74, 6) is 1.18. The largest absolute Gasteiger partial charge is 0.348 e. The molecule has 2 amide bonds. The first-order valence-corrected chi connectivity index (χ1v) is 9.35. The van der Waals surface area contributed by atoms with Gasteiger partial charge in [-0.25, -0.2) is 0 Å². The molecule has 2 aliphatic heterocycles. The fourth-order valence-electron chi connectivity index (χ4n) is 3.74.